The molecule has 0 saturated carbocycles. The van der Waals surface area contributed by atoms with E-state index in [0.717, 1.165) is 14.6 Å². The zero-order chi connectivity index (χ0) is 21.9. The molecule has 4 heteroatoms. The van der Waals surface area contributed by atoms with E-state index in [-0.39, 0.29) is 5.41 Å². The van der Waals surface area contributed by atoms with Crippen molar-refractivity contribution in [2.24, 2.45) is 0 Å². The third kappa shape index (κ3) is 3.61. The Morgan fingerprint density at radius 2 is 1.68 bits per heavy atom. The molecule has 154 valence electrons. The third-order valence-corrected chi connectivity index (χ3v) is 8.10. The van der Waals surface area contributed by atoms with Crippen LogP contribution >= 0.6 is 11.3 Å². The van der Waals surface area contributed by atoms with Crippen molar-refractivity contribution in [2.45, 2.75) is 47.0 Å². The Morgan fingerprint density at radius 3 is 2.42 bits per heavy atom. The van der Waals surface area contributed by atoms with Crippen LogP contribution in [0.4, 0.5) is 11.4 Å². The first-order valence-corrected chi connectivity index (χ1v) is 12.0. The van der Waals surface area contributed by atoms with Crippen LogP contribution in [0.3, 0.4) is 0 Å². The predicted molar refractivity (Wildman–Crippen MR) is 144 cm³/mol. The molecule has 1 aliphatic rings. The highest BCUT2D eigenvalue weighted by Gasteiger charge is 2.23. The van der Waals surface area contributed by atoms with Gasteiger partial charge in [-0.1, -0.05) is 78.6 Å². The number of hydrogen-bond acceptors (Lipinski definition) is 2. The maximum Gasteiger partial charge on any atom is 0.205 e. The van der Waals surface area contributed by atoms with Crippen LogP contribution in [0.25, 0.3) is 10.1 Å². The van der Waals surface area contributed by atoms with Crippen molar-refractivity contribution in [1.29, 1.82) is 0 Å². The molecule has 0 aliphatic carbocycles. The molecule has 0 bridgehead atoms. The fourth-order valence-corrected chi connectivity index (χ4v) is 5.99. The first kappa shape index (κ1) is 20.5. The number of hydrogen-bond donors (Lipinski definition) is 1. The molecule has 3 aromatic carbocycles. The van der Waals surface area contributed by atoms with Crippen molar-refractivity contribution in [3.05, 3.63) is 70.8 Å². The molecule has 1 nitrogen and oxygen atoms in total. The second kappa shape index (κ2) is 7.31. The van der Waals surface area contributed by atoms with Crippen LogP contribution in [-0.4, -0.2) is 14.6 Å². The Bertz CT molecular complexity index is 1330. The molecule has 0 radical (unpaired) electrons. The van der Waals surface area contributed by atoms with Crippen LogP contribution in [0, 0.1) is 20.8 Å². The highest BCUT2D eigenvalue weighted by atomic mass is 32.1. The quantitative estimate of drug-likeness (QED) is 0.426. The van der Waals surface area contributed by atoms with Crippen molar-refractivity contribution in [3.8, 4) is 0 Å². The van der Waals surface area contributed by atoms with Crippen LogP contribution < -0.4 is 26.5 Å². The minimum atomic E-state index is 0.156. The smallest absolute Gasteiger partial charge is 0.205 e. The van der Waals surface area contributed by atoms with Crippen LogP contribution in [0.2, 0.25) is 0 Å². The number of fused-ring (bicyclic) bond motifs is 3. The fraction of sp³-hybridized carbons (Fsp3) is 0.259. The molecule has 0 unspecified atom stereocenters. The summed E-state index contributed by atoms with van der Waals surface area (Å²) in [4.78, 5) is 0. The van der Waals surface area contributed by atoms with E-state index in [4.69, 9.17) is 0 Å². The van der Waals surface area contributed by atoms with Crippen molar-refractivity contribution in [1.82, 2.24) is 0 Å². The zero-order valence-corrected chi connectivity index (χ0v) is 20.3. The lowest BCUT2D eigenvalue weighted by Crippen LogP contribution is -2.41. The van der Waals surface area contributed by atoms with Gasteiger partial charge in [-0.25, -0.2) is 0 Å². The molecule has 0 saturated heterocycles. The molecule has 0 spiro atoms. The van der Waals surface area contributed by atoms with E-state index in [9.17, 15) is 0 Å². The topological polar surface area (TPSA) is 12.0 Å². The van der Waals surface area contributed by atoms with Gasteiger partial charge in [0.05, 0.1) is 0 Å². The Labute approximate surface area is 191 Å². The largest absolute Gasteiger partial charge is 0.356 e. The van der Waals surface area contributed by atoms with E-state index in [0.29, 0.717) is 0 Å². The van der Waals surface area contributed by atoms with Gasteiger partial charge in [0, 0.05) is 16.1 Å². The summed E-state index contributed by atoms with van der Waals surface area (Å²) in [5, 5.41) is 5.16. The molecule has 1 N–H and O–H groups in total. The van der Waals surface area contributed by atoms with E-state index in [2.05, 4.69) is 95.4 Å². The lowest BCUT2D eigenvalue weighted by atomic mass is 9.56. The second-order valence-corrected chi connectivity index (χ2v) is 11.3. The average Bonchev–Trinajstić information content (AvgIpc) is 3.02. The molecule has 0 atom stereocenters. The van der Waals surface area contributed by atoms with Gasteiger partial charge in [-0.3, -0.25) is 0 Å². The van der Waals surface area contributed by atoms with E-state index in [1.54, 1.807) is 0 Å². The van der Waals surface area contributed by atoms with Gasteiger partial charge < -0.3 is 5.32 Å². The van der Waals surface area contributed by atoms with E-state index < -0.39 is 0 Å². The van der Waals surface area contributed by atoms with Crippen molar-refractivity contribution >= 4 is 68.5 Å². The summed E-state index contributed by atoms with van der Waals surface area (Å²) >= 11 is 1.94. The average molecular weight is 421 g/mol. The molecule has 1 aromatic heterocycles. The SMILES string of the molecule is Cc1cc2c(cc1Bc1sc3ccccc3c1C)Bc1c(C)cc(C(C)(C)C)cc1N2. The number of thiophene rings is 1. The molecule has 0 fully saturated rings. The molecule has 4 aromatic rings. The fourth-order valence-electron chi connectivity index (χ4n) is 4.76. The van der Waals surface area contributed by atoms with Crippen LogP contribution in [0.15, 0.2) is 48.5 Å². The molecule has 0 amide bonds. The molecule has 1 aliphatic heterocycles. The minimum Gasteiger partial charge on any atom is -0.356 e. The van der Waals surface area contributed by atoms with Gasteiger partial charge in [-0.15, -0.1) is 11.3 Å². The summed E-state index contributed by atoms with van der Waals surface area (Å²) in [5.41, 5.74) is 12.6. The van der Waals surface area contributed by atoms with Gasteiger partial charge in [-0.05, 0) is 65.7 Å². The van der Waals surface area contributed by atoms with Crippen LogP contribution in [0.5, 0.6) is 0 Å². The van der Waals surface area contributed by atoms with E-state index in [1.165, 1.54) is 64.9 Å². The van der Waals surface area contributed by atoms with Crippen LogP contribution in [-0.2, 0) is 5.41 Å². The summed E-state index contributed by atoms with van der Waals surface area (Å²) in [7, 11) is 2.02. The number of nitrogens with one attached hydrogen (secondary N) is 1. The summed E-state index contributed by atoms with van der Waals surface area (Å²) in [6.07, 6.45) is 0. The standard InChI is InChI=1S/C27H29B2NS/c1-15-12-22-21(28-25-16(2)11-18(27(4,5)6)13-23(25)30-22)14-20(15)29-26-17(3)19-9-7-8-10-24(19)31-26/h7-14,28-30H,1-6H3. The second-order valence-electron chi connectivity index (χ2n) is 10.1. The minimum absolute atomic E-state index is 0.156. The first-order valence-electron chi connectivity index (χ1n) is 11.2. The lowest BCUT2D eigenvalue weighted by Gasteiger charge is -2.28. The molecule has 2 heterocycles. The Morgan fingerprint density at radius 1 is 0.903 bits per heavy atom. The normalized spacial score (nSPS) is 12.7. The van der Waals surface area contributed by atoms with Gasteiger partial charge in [0.2, 0.25) is 7.28 Å². The highest BCUT2D eigenvalue weighted by molar-refractivity contribution is 7.28. The zero-order valence-electron chi connectivity index (χ0n) is 19.4. The first-order chi connectivity index (χ1) is 14.7. The van der Waals surface area contributed by atoms with Gasteiger partial charge in [0.25, 0.3) is 0 Å². The lowest BCUT2D eigenvalue weighted by molar-refractivity contribution is 0.590. The number of anilines is 2. The maximum absolute atomic E-state index is 3.76. The Kier molecular flexibility index (Phi) is 4.82. The Hall–Kier alpha value is -2.45. The van der Waals surface area contributed by atoms with Crippen molar-refractivity contribution in [2.75, 3.05) is 5.32 Å². The summed E-state index contributed by atoms with van der Waals surface area (Å²) in [6, 6.07) is 18.3. The predicted octanol–water partition coefficient (Wildman–Crippen LogP) is 3.96. The van der Waals surface area contributed by atoms with Gasteiger partial charge >= 0.3 is 0 Å². The van der Waals surface area contributed by atoms with Crippen molar-refractivity contribution < 1.29 is 0 Å². The van der Waals surface area contributed by atoms with Gasteiger partial charge in [-0.2, -0.15) is 0 Å². The molecular weight excluding hydrogens is 392 g/mol. The van der Waals surface area contributed by atoms with Crippen LogP contribution in [0.1, 0.15) is 43.0 Å². The van der Waals surface area contributed by atoms with E-state index >= 15 is 0 Å². The molecule has 31 heavy (non-hydrogen) atoms. The number of benzene rings is 3. The third-order valence-electron chi connectivity index (χ3n) is 6.83. The molecule has 5 rings (SSSR count). The number of rotatable bonds is 2. The van der Waals surface area contributed by atoms with E-state index in [1.807, 2.05) is 11.3 Å². The summed E-state index contributed by atoms with van der Waals surface area (Å²) in [6.45, 7) is 13.7. The van der Waals surface area contributed by atoms with Crippen molar-refractivity contribution in [3.63, 3.8) is 0 Å². The van der Waals surface area contributed by atoms with Gasteiger partial charge in [0.15, 0.2) is 7.28 Å². The summed E-state index contributed by atoms with van der Waals surface area (Å²) < 4.78 is 2.88. The highest BCUT2D eigenvalue weighted by Crippen LogP contribution is 2.28. The Balaban J connectivity index is 1.51. The number of aryl methyl sites for hydroxylation is 3. The summed E-state index contributed by atoms with van der Waals surface area (Å²) in [5.74, 6) is 0. The van der Waals surface area contributed by atoms with Gasteiger partial charge in [0.1, 0.15) is 0 Å². The maximum atomic E-state index is 3.76. The monoisotopic (exact) mass is 421 g/mol. The molecular formula is C27H29B2NS.